The molecule has 0 bridgehead atoms. The molecule has 0 radical (unpaired) electrons. The van der Waals surface area contributed by atoms with Crippen LogP contribution in [0.4, 0.5) is 10.3 Å². The van der Waals surface area contributed by atoms with Crippen molar-refractivity contribution in [2.24, 2.45) is 0 Å². The van der Waals surface area contributed by atoms with E-state index < -0.39 is 5.91 Å². The van der Waals surface area contributed by atoms with Gasteiger partial charge < -0.3 is 9.26 Å². The van der Waals surface area contributed by atoms with Gasteiger partial charge in [-0.2, -0.15) is 0 Å². The minimum atomic E-state index is -0.549. The SMILES string of the molecule is Cc1onc(C(=O)Nc2ncn(Cc3ccc(Cl)c(Cl)c3)n2)c1COc1ccc(F)cc1. The molecular formula is C21H16Cl2FN5O3. The fourth-order valence-electron chi connectivity index (χ4n) is 2.84. The van der Waals surface area contributed by atoms with Gasteiger partial charge >= 0.3 is 0 Å². The zero-order valence-electron chi connectivity index (χ0n) is 16.7. The van der Waals surface area contributed by atoms with Crippen molar-refractivity contribution in [3.63, 3.8) is 0 Å². The molecule has 32 heavy (non-hydrogen) atoms. The summed E-state index contributed by atoms with van der Waals surface area (Å²) in [5.41, 5.74) is 1.38. The predicted octanol–water partition coefficient (Wildman–Crippen LogP) is 4.90. The van der Waals surface area contributed by atoms with Crippen LogP contribution in [0.15, 0.2) is 53.3 Å². The van der Waals surface area contributed by atoms with E-state index >= 15 is 0 Å². The van der Waals surface area contributed by atoms with Crippen molar-refractivity contribution in [3.05, 3.63) is 87.2 Å². The van der Waals surface area contributed by atoms with Crippen molar-refractivity contribution in [2.45, 2.75) is 20.1 Å². The Balaban J connectivity index is 1.42. The predicted molar refractivity (Wildman–Crippen MR) is 116 cm³/mol. The molecule has 4 aromatic rings. The van der Waals surface area contributed by atoms with E-state index in [4.69, 9.17) is 32.5 Å². The van der Waals surface area contributed by atoms with E-state index in [-0.39, 0.29) is 24.1 Å². The van der Waals surface area contributed by atoms with Crippen LogP contribution in [0.25, 0.3) is 0 Å². The van der Waals surface area contributed by atoms with Crippen LogP contribution in [-0.4, -0.2) is 25.8 Å². The summed E-state index contributed by atoms with van der Waals surface area (Å²) in [6, 6.07) is 10.8. The first kappa shape index (κ1) is 21.8. The summed E-state index contributed by atoms with van der Waals surface area (Å²) < 4.78 is 25.3. The number of nitrogens with one attached hydrogen (secondary N) is 1. The molecule has 0 saturated heterocycles. The maximum Gasteiger partial charge on any atom is 0.280 e. The summed E-state index contributed by atoms with van der Waals surface area (Å²) in [5.74, 6) is 0.0501. The third kappa shape index (κ3) is 5.06. The average molecular weight is 476 g/mol. The fourth-order valence-corrected chi connectivity index (χ4v) is 3.16. The fraction of sp³-hybridized carbons (Fsp3) is 0.143. The van der Waals surface area contributed by atoms with Crippen LogP contribution in [0.3, 0.4) is 0 Å². The first-order chi connectivity index (χ1) is 15.4. The van der Waals surface area contributed by atoms with E-state index in [0.717, 1.165) is 5.56 Å². The Morgan fingerprint density at radius 2 is 1.97 bits per heavy atom. The highest BCUT2D eigenvalue weighted by molar-refractivity contribution is 6.42. The summed E-state index contributed by atoms with van der Waals surface area (Å²) in [6.45, 7) is 2.07. The van der Waals surface area contributed by atoms with Crippen LogP contribution in [0.5, 0.6) is 5.75 Å². The summed E-state index contributed by atoms with van der Waals surface area (Å²) in [5, 5.41) is 11.5. The average Bonchev–Trinajstić information content (AvgIpc) is 3.36. The van der Waals surface area contributed by atoms with Gasteiger partial charge in [0.05, 0.1) is 22.2 Å². The number of carbonyl (C=O) groups excluding carboxylic acids is 1. The molecule has 4 rings (SSSR count). The Hall–Kier alpha value is -3.43. The van der Waals surface area contributed by atoms with Crippen molar-refractivity contribution < 1.29 is 18.4 Å². The molecule has 0 spiro atoms. The minimum absolute atomic E-state index is 0.0168. The van der Waals surface area contributed by atoms with Gasteiger partial charge in [0.1, 0.15) is 30.3 Å². The largest absolute Gasteiger partial charge is 0.489 e. The molecule has 164 valence electrons. The van der Waals surface area contributed by atoms with Crippen molar-refractivity contribution in [1.82, 2.24) is 19.9 Å². The van der Waals surface area contributed by atoms with Gasteiger partial charge in [0.15, 0.2) is 5.69 Å². The smallest absolute Gasteiger partial charge is 0.280 e. The lowest BCUT2D eigenvalue weighted by Gasteiger charge is -2.06. The Morgan fingerprint density at radius 1 is 1.19 bits per heavy atom. The summed E-state index contributed by atoms with van der Waals surface area (Å²) >= 11 is 12.0. The first-order valence-electron chi connectivity index (χ1n) is 9.37. The second kappa shape index (κ2) is 9.37. The van der Waals surface area contributed by atoms with Crippen molar-refractivity contribution in [2.75, 3.05) is 5.32 Å². The molecule has 0 fully saturated rings. The van der Waals surface area contributed by atoms with E-state index in [1.807, 2.05) is 6.07 Å². The van der Waals surface area contributed by atoms with Crippen LogP contribution in [0.2, 0.25) is 10.0 Å². The number of hydrogen-bond acceptors (Lipinski definition) is 6. The minimum Gasteiger partial charge on any atom is -0.489 e. The Bertz CT molecular complexity index is 1260. The molecule has 2 aromatic carbocycles. The number of aromatic nitrogens is 4. The molecule has 0 saturated carbocycles. The van der Waals surface area contributed by atoms with E-state index in [9.17, 15) is 9.18 Å². The van der Waals surface area contributed by atoms with E-state index in [0.29, 0.717) is 33.7 Å². The summed E-state index contributed by atoms with van der Waals surface area (Å²) in [4.78, 5) is 16.8. The highest BCUT2D eigenvalue weighted by Crippen LogP contribution is 2.23. The van der Waals surface area contributed by atoms with Gasteiger partial charge in [-0.25, -0.2) is 14.1 Å². The van der Waals surface area contributed by atoms with Crippen molar-refractivity contribution >= 4 is 35.1 Å². The molecular weight excluding hydrogens is 460 g/mol. The number of carbonyl (C=O) groups is 1. The molecule has 11 heteroatoms. The van der Waals surface area contributed by atoms with Gasteiger partial charge in [0.25, 0.3) is 5.91 Å². The Labute approximate surface area is 191 Å². The Morgan fingerprint density at radius 3 is 2.72 bits per heavy atom. The standard InChI is InChI=1S/C21H16Cl2FN5O3/c1-12-16(10-31-15-5-3-14(24)4-6-15)19(28-32-12)20(30)26-21-25-11-29(27-21)9-13-2-7-17(22)18(23)8-13/h2-8,11H,9-10H2,1H3,(H,26,27,30). The molecule has 0 aliphatic carbocycles. The molecule has 2 aromatic heterocycles. The van der Waals surface area contributed by atoms with Gasteiger partial charge in [-0.1, -0.05) is 34.4 Å². The molecule has 0 atom stereocenters. The number of rotatable bonds is 7. The van der Waals surface area contributed by atoms with Crippen LogP contribution >= 0.6 is 23.2 Å². The molecule has 0 aliphatic heterocycles. The number of hydrogen-bond donors (Lipinski definition) is 1. The monoisotopic (exact) mass is 475 g/mol. The van der Waals surface area contributed by atoms with Gasteiger partial charge in [-0.15, -0.1) is 5.10 Å². The quantitative estimate of drug-likeness (QED) is 0.408. The molecule has 2 heterocycles. The number of aryl methyl sites for hydroxylation is 1. The number of amides is 1. The highest BCUT2D eigenvalue weighted by atomic mass is 35.5. The lowest BCUT2D eigenvalue weighted by Crippen LogP contribution is -2.16. The van der Waals surface area contributed by atoms with Crippen LogP contribution < -0.4 is 10.1 Å². The maximum atomic E-state index is 13.0. The second-order valence-electron chi connectivity index (χ2n) is 6.78. The first-order valence-corrected chi connectivity index (χ1v) is 10.1. The maximum absolute atomic E-state index is 13.0. The second-order valence-corrected chi connectivity index (χ2v) is 7.59. The van der Waals surface area contributed by atoms with E-state index in [1.165, 1.54) is 30.6 Å². The Kier molecular flexibility index (Phi) is 6.38. The topological polar surface area (TPSA) is 95.1 Å². The number of nitrogens with zero attached hydrogens (tertiary/aromatic N) is 4. The molecule has 1 amide bonds. The molecule has 8 nitrogen and oxygen atoms in total. The van der Waals surface area contributed by atoms with Crippen LogP contribution in [-0.2, 0) is 13.2 Å². The zero-order valence-corrected chi connectivity index (χ0v) is 18.2. The van der Waals surface area contributed by atoms with Gasteiger partial charge in [-0.3, -0.25) is 10.1 Å². The summed E-state index contributed by atoms with van der Waals surface area (Å²) in [7, 11) is 0. The number of benzene rings is 2. The van der Waals surface area contributed by atoms with E-state index in [2.05, 4.69) is 20.6 Å². The number of halogens is 3. The molecule has 0 aliphatic rings. The lowest BCUT2D eigenvalue weighted by molar-refractivity contribution is 0.101. The van der Waals surface area contributed by atoms with Gasteiger partial charge in [0, 0.05) is 0 Å². The van der Waals surface area contributed by atoms with E-state index in [1.54, 1.807) is 23.7 Å². The summed E-state index contributed by atoms with van der Waals surface area (Å²) in [6.07, 6.45) is 1.48. The number of ether oxygens (including phenoxy) is 1. The third-order valence-corrected chi connectivity index (χ3v) is 5.23. The van der Waals surface area contributed by atoms with Crippen LogP contribution in [0.1, 0.15) is 27.4 Å². The lowest BCUT2D eigenvalue weighted by atomic mass is 10.2. The van der Waals surface area contributed by atoms with Gasteiger partial charge in [-0.05, 0) is 48.9 Å². The molecule has 0 unspecified atom stereocenters. The van der Waals surface area contributed by atoms with Crippen LogP contribution in [0, 0.1) is 12.7 Å². The normalized spacial score (nSPS) is 10.9. The van der Waals surface area contributed by atoms with Gasteiger partial charge in [0.2, 0.25) is 5.95 Å². The van der Waals surface area contributed by atoms with Crippen molar-refractivity contribution in [3.8, 4) is 5.75 Å². The van der Waals surface area contributed by atoms with Crippen molar-refractivity contribution in [1.29, 1.82) is 0 Å². The zero-order chi connectivity index (χ0) is 22.7. The molecule has 1 N–H and O–H groups in total. The highest BCUT2D eigenvalue weighted by Gasteiger charge is 2.21. The number of anilines is 1. The third-order valence-electron chi connectivity index (χ3n) is 4.49.